The molecule has 1 aromatic carbocycles. The number of nitrogens with zero attached hydrogens (tertiary/aromatic N) is 3. The van der Waals surface area contributed by atoms with Crippen LogP contribution in [0.4, 0.5) is 8.78 Å². The molecule has 0 bridgehead atoms. The Morgan fingerprint density at radius 1 is 1.29 bits per heavy atom. The van der Waals surface area contributed by atoms with Crippen molar-refractivity contribution in [3.05, 3.63) is 59.9 Å². The van der Waals surface area contributed by atoms with Gasteiger partial charge >= 0.3 is 0 Å². The standard InChI is InChI=1S/C19H21F2N3O3S/c1-14(25)24(12-15-4-2-8-22-11-15)16-5-3-9-23(13-16)28(26,27)17-6-7-18(20)19(21)10-17/h2,4,6-8,10-11,16H,3,5,9,12-13H2,1H3. The molecule has 28 heavy (non-hydrogen) atoms. The molecule has 0 spiro atoms. The number of amides is 1. The van der Waals surface area contributed by atoms with E-state index in [0.29, 0.717) is 25.5 Å². The minimum Gasteiger partial charge on any atom is -0.334 e. The number of hydrogen-bond donors (Lipinski definition) is 0. The number of sulfonamides is 1. The molecule has 1 aliphatic heterocycles. The van der Waals surface area contributed by atoms with Crippen LogP contribution in [0.1, 0.15) is 25.3 Å². The Hall–Kier alpha value is -2.39. The molecule has 150 valence electrons. The van der Waals surface area contributed by atoms with Crippen molar-refractivity contribution in [2.45, 2.75) is 37.2 Å². The van der Waals surface area contributed by atoms with Crippen molar-refractivity contribution in [2.75, 3.05) is 13.1 Å². The highest BCUT2D eigenvalue weighted by Crippen LogP contribution is 2.25. The van der Waals surface area contributed by atoms with Gasteiger partial charge in [-0.25, -0.2) is 17.2 Å². The minimum absolute atomic E-state index is 0.0984. The van der Waals surface area contributed by atoms with Gasteiger partial charge in [-0.05, 0) is 42.7 Å². The second-order valence-corrected chi connectivity index (χ2v) is 8.68. The molecule has 1 amide bonds. The lowest BCUT2D eigenvalue weighted by Crippen LogP contribution is -2.50. The SMILES string of the molecule is CC(=O)N(Cc1cccnc1)C1CCCN(S(=O)(=O)c2ccc(F)c(F)c2)C1. The molecular weight excluding hydrogens is 388 g/mol. The number of hydrogen-bond acceptors (Lipinski definition) is 4. The third-order valence-corrected chi connectivity index (χ3v) is 6.67. The van der Waals surface area contributed by atoms with E-state index in [4.69, 9.17) is 0 Å². The van der Waals surface area contributed by atoms with Gasteiger partial charge in [0.2, 0.25) is 15.9 Å². The third-order valence-electron chi connectivity index (χ3n) is 4.81. The summed E-state index contributed by atoms with van der Waals surface area (Å²) in [5.41, 5.74) is 0.846. The molecule has 0 radical (unpaired) electrons. The Bertz CT molecular complexity index is 954. The van der Waals surface area contributed by atoms with Crippen LogP contribution in [0.2, 0.25) is 0 Å². The second kappa shape index (κ2) is 8.32. The summed E-state index contributed by atoms with van der Waals surface area (Å²) < 4.78 is 53.6. The molecule has 0 N–H and O–H groups in total. The Morgan fingerprint density at radius 3 is 2.71 bits per heavy atom. The summed E-state index contributed by atoms with van der Waals surface area (Å²) in [5, 5.41) is 0. The lowest BCUT2D eigenvalue weighted by Gasteiger charge is -2.38. The normalized spacial score (nSPS) is 18.0. The van der Waals surface area contributed by atoms with Gasteiger partial charge in [-0.15, -0.1) is 0 Å². The van der Waals surface area contributed by atoms with Gasteiger partial charge in [-0.2, -0.15) is 4.31 Å². The molecule has 1 saturated heterocycles. The molecule has 0 saturated carbocycles. The fourth-order valence-corrected chi connectivity index (χ4v) is 4.89. The molecule has 9 heteroatoms. The zero-order valence-electron chi connectivity index (χ0n) is 15.4. The van der Waals surface area contributed by atoms with Gasteiger partial charge in [-0.1, -0.05) is 6.07 Å². The van der Waals surface area contributed by atoms with E-state index in [9.17, 15) is 22.0 Å². The van der Waals surface area contributed by atoms with Crippen molar-refractivity contribution in [1.82, 2.24) is 14.2 Å². The van der Waals surface area contributed by atoms with Crippen molar-refractivity contribution in [3.63, 3.8) is 0 Å². The van der Waals surface area contributed by atoms with Gasteiger partial charge in [0, 0.05) is 45.0 Å². The quantitative estimate of drug-likeness (QED) is 0.761. The van der Waals surface area contributed by atoms with Crippen LogP contribution in [0.15, 0.2) is 47.6 Å². The Kier molecular flexibility index (Phi) is 6.04. The first-order chi connectivity index (χ1) is 13.3. The van der Waals surface area contributed by atoms with E-state index < -0.39 is 21.7 Å². The summed E-state index contributed by atoms with van der Waals surface area (Å²) >= 11 is 0. The largest absolute Gasteiger partial charge is 0.334 e. The fraction of sp³-hybridized carbons (Fsp3) is 0.368. The average Bonchev–Trinajstić information content (AvgIpc) is 2.69. The van der Waals surface area contributed by atoms with Crippen LogP contribution >= 0.6 is 0 Å². The number of piperidine rings is 1. The summed E-state index contributed by atoms with van der Waals surface area (Å²) in [6.07, 6.45) is 4.51. The zero-order chi connectivity index (χ0) is 20.3. The maximum absolute atomic E-state index is 13.5. The molecular formula is C19H21F2N3O3S. The van der Waals surface area contributed by atoms with Crippen LogP contribution in [0.3, 0.4) is 0 Å². The highest BCUT2D eigenvalue weighted by molar-refractivity contribution is 7.89. The highest BCUT2D eigenvalue weighted by atomic mass is 32.2. The summed E-state index contributed by atoms with van der Waals surface area (Å²) in [5.74, 6) is -2.48. The van der Waals surface area contributed by atoms with Crippen molar-refractivity contribution in [1.29, 1.82) is 0 Å². The van der Waals surface area contributed by atoms with E-state index >= 15 is 0 Å². The Labute approximate surface area is 162 Å². The predicted octanol–water partition coefficient (Wildman–Crippen LogP) is 2.56. The number of carbonyl (C=O) groups is 1. The average molecular weight is 409 g/mol. The first-order valence-corrected chi connectivity index (χ1v) is 10.3. The van der Waals surface area contributed by atoms with E-state index in [2.05, 4.69) is 4.98 Å². The van der Waals surface area contributed by atoms with Crippen LogP contribution in [0, 0.1) is 11.6 Å². The number of carbonyl (C=O) groups excluding carboxylic acids is 1. The molecule has 1 fully saturated rings. The molecule has 1 atom stereocenters. The smallest absolute Gasteiger partial charge is 0.243 e. The number of rotatable bonds is 5. The van der Waals surface area contributed by atoms with Crippen molar-refractivity contribution >= 4 is 15.9 Å². The predicted molar refractivity (Wildman–Crippen MR) is 98.6 cm³/mol. The van der Waals surface area contributed by atoms with Crippen LogP contribution in [-0.2, 0) is 21.4 Å². The summed E-state index contributed by atoms with van der Waals surface area (Å²) in [4.78, 5) is 17.6. The summed E-state index contributed by atoms with van der Waals surface area (Å²) in [7, 11) is -3.99. The van der Waals surface area contributed by atoms with Crippen LogP contribution in [-0.4, -0.2) is 47.6 Å². The van der Waals surface area contributed by atoms with Gasteiger partial charge in [0.15, 0.2) is 11.6 Å². The highest BCUT2D eigenvalue weighted by Gasteiger charge is 2.34. The van der Waals surface area contributed by atoms with Gasteiger partial charge in [0.05, 0.1) is 4.90 Å². The van der Waals surface area contributed by atoms with Crippen LogP contribution in [0.25, 0.3) is 0 Å². The van der Waals surface area contributed by atoms with Crippen molar-refractivity contribution in [2.24, 2.45) is 0 Å². The van der Waals surface area contributed by atoms with E-state index in [1.807, 2.05) is 6.07 Å². The molecule has 2 aromatic rings. The van der Waals surface area contributed by atoms with E-state index in [-0.39, 0.29) is 29.9 Å². The molecule has 1 unspecified atom stereocenters. The molecule has 0 aliphatic carbocycles. The molecule has 1 aliphatic rings. The Balaban J connectivity index is 1.81. The third kappa shape index (κ3) is 4.36. The molecule has 3 rings (SSSR count). The number of benzene rings is 1. The first-order valence-electron chi connectivity index (χ1n) is 8.90. The van der Waals surface area contributed by atoms with E-state index in [1.54, 1.807) is 23.4 Å². The minimum atomic E-state index is -3.99. The van der Waals surface area contributed by atoms with Crippen LogP contribution < -0.4 is 0 Å². The van der Waals surface area contributed by atoms with Gasteiger partial charge < -0.3 is 4.90 Å². The van der Waals surface area contributed by atoms with Crippen LogP contribution in [0.5, 0.6) is 0 Å². The monoisotopic (exact) mass is 409 g/mol. The van der Waals surface area contributed by atoms with Gasteiger partial charge in [0.25, 0.3) is 0 Å². The maximum Gasteiger partial charge on any atom is 0.243 e. The number of aromatic nitrogens is 1. The fourth-order valence-electron chi connectivity index (χ4n) is 3.37. The first kappa shape index (κ1) is 20.3. The summed E-state index contributed by atoms with van der Waals surface area (Å²) in [6, 6.07) is 5.85. The van der Waals surface area contributed by atoms with Gasteiger partial charge in [0.1, 0.15) is 0 Å². The maximum atomic E-state index is 13.5. The number of pyridine rings is 1. The summed E-state index contributed by atoms with van der Waals surface area (Å²) in [6.45, 7) is 2.13. The van der Waals surface area contributed by atoms with Crippen molar-refractivity contribution < 1.29 is 22.0 Å². The Morgan fingerprint density at radius 2 is 2.07 bits per heavy atom. The lowest BCUT2D eigenvalue weighted by atomic mass is 10.0. The topological polar surface area (TPSA) is 70.6 Å². The second-order valence-electron chi connectivity index (χ2n) is 6.74. The molecule has 2 heterocycles. The van der Waals surface area contributed by atoms with E-state index in [1.165, 1.54) is 11.2 Å². The zero-order valence-corrected chi connectivity index (χ0v) is 16.2. The lowest BCUT2D eigenvalue weighted by molar-refractivity contribution is -0.132. The van der Waals surface area contributed by atoms with E-state index in [0.717, 1.165) is 17.7 Å². The molecule has 1 aromatic heterocycles. The number of halogens is 2. The van der Waals surface area contributed by atoms with Gasteiger partial charge in [-0.3, -0.25) is 9.78 Å². The van der Waals surface area contributed by atoms with Crippen molar-refractivity contribution in [3.8, 4) is 0 Å². The molecule has 6 nitrogen and oxygen atoms in total.